The summed E-state index contributed by atoms with van der Waals surface area (Å²) in [5.41, 5.74) is 0. The summed E-state index contributed by atoms with van der Waals surface area (Å²) < 4.78 is 5.06. The molecule has 7 nitrogen and oxygen atoms in total. The van der Waals surface area contributed by atoms with E-state index in [2.05, 4.69) is 5.32 Å². The Balaban J connectivity index is 2.67. The molecule has 94 valence electrons. The van der Waals surface area contributed by atoms with Crippen molar-refractivity contribution in [2.45, 2.75) is 44.0 Å². The molecular weight excluding hydrogens is 218 g/mol. The van der Waals surface area contributed by atoms with E-state index in [1.54, 1.807) is 6.92 Å². The summed E-state index contributed by atoms with van der Waals surface area (Å²) in [6.07, 6.45) is -6.21. The molecule has 0 aliphatic carbocycles. The van der Waals surface area contributed by atoms with Crippen LogP contribution in [0.15, 0.2) is 0 Å². The van der Waals surface area contributed by atoms with E-state index in [1.807, 2.05) is 0 Å². The molecule has 0 aromatic heterocycles. The fourth-order valence-corrected chi connectivity index (χ4v) is 1.48. The normalized spacial score (nSPS) is 39.4. The van der Waals surface area contributed by atoms with Crippen LogP contribution in [0.3, 0.4) is 0 Å². The third kappa shape index (κ3) is 2.69. The topological polar surface area (TPSA) is 119 Å². The first-order chi connectivity index (χ1) is 7.51. The largest absolute Gasteiger partial charge is 0.394 e. The van der Waals surface area contributed by atoms with Crippen molar-refractivity contribution >= 4 is 5.91 Å². The molecule has 0 saturated carbocycles. The lowest BCUT2D eigenvalue weighted by Crippen LogP contribution is -2.63. The maximum Gasteiger partial charge on any atom is 0.221 e. The van der Waals surface area contributed by atoms with Gasteiger partial charge in [-0.1, -0.05) is 6.92 Å². The highest BCUT2D eigenvalue weighted by Crippen LogP contribution is 2.19. The highest BCUT2D eigenvalue weighted by Gasteiger charge is 2.43. The minimum Gasteiger partial charge on any atom is -0.394 e. The molecule has 0 unspecified atom stereocenters. The summed E-state index contributed by atoms with van der Waals surface area (Å²) >= 11 is 0. The summed E-state index contributed by atoms with van der Waals surface area (Å²) in [5, 5.41) is 39.6. The van der Waals surface area contributed by atoms with E-state index in [1.165, 1.54) is 0 Å². The molecule has 7 heteroatoms. The molecule has 1 saturated heterocycles. The van der Waals surface area contributed by atoms with E-state index >= 15 is 0 Å². The monoisotopic (exact) mass is 235 g/mol. The standard InChI is InChI=1S/C9H17NO6/c1-2-5(12)10-9-8(15)7(14)6(13)4(3-11)16-9/h4,6-9,11,13-15H,2-3H2,1H3,(H,10,12)/t4-,6+,7+,8+,9-/m0/s1. The second-order valence-electron chi connectivity index (χ2n) is 3.67. The Morgan fingerprint density at radius 2 is 1.88 bits per heavy atom. The average molecular weight is 235 g/mol. The van der Waals surface area contributed by atoms with Crippen LogP contribution in [0, 0.1) is 0 Å². The number of hydrogen-bond acceptors (Lipinski definition) is 6. The number of hydrogen-bond donors (Lipinski definition) is 5. The quantitative estimate of drug-likeness (QED) is 0.363. The smallest absolute Gasteiger partial charge is 0.221 e. The highest BCUT2D eigenvalue weighted by atomic mass is 16.6. The van der Waals surface area contributed by atoms with Gasteiger partial charge in [0.05, 0.1) is 6.61 Å². The molecule has 16 heavy (non-hydrogen) atoms. The number of amides is 1. The lowest BCUT2D eigenvalue weighted by molar-refractivity contribution is -0.235. The van der Waals surface area contributed by atoms with Crippen LogP contribution in [0.4, 0.5) is 0 Å². The van der Waals surface area contributed by atoms with Crippen molar-refractivity contribution in [3.63, 3.8) is 0 Å². The van der Waals surface area contributed by atoms with Gasteiger partial charge in [0.1, 0.15) is 24.4 Å². The van der Waals surface area contributed by atoms with Crippen LogP contribution >= 0.6 is 0 Å². The van der Waals surface area contributed by atoms with Gasteiger partial charge in [0.25, 0.3) is 0 Å². The van der Waals surface area contributed by atoms with E-state index in [-0.39, 0.29) is 12.3 Å². The molecule has 0 aromatic rings. The molecule has 1 aliphatic heterocycles. The Hall–Kier alpha value is -0.730. The van der Waals surface area contributed by atoms with Gasteiger partial charge in [0, 0.05) is 6.42 Å². The number of ether oxygens (including phenoxy) is 1. The number of carbonyl (C=O) groups excluding carboxylic acids is 1. The zero-order chi connectivity index (χ0) is 12.3. The van der Waals surface area contributed by atoms with Crippen molar-refractivity contribution in [3.05, 3.63) is 0 Å². The summed E-state index contributed by atoms with van der Waals surface area (Å²) in [7, 11) is 0. The van der Waals surface area contributed by atoms with Crippen molar-refractivity contribution in [2.24, 2.45) is 0 Å². The number of rotatable bonds is 3. The Bertz CT molecular complexity index is 246. The number of aliphatic hydroxyl groups excluding tert-OH is 4. The van der Waals surface area contributed by atoms with Crippen LogP contribution in [0.25, 0.3) is 0 Å². The first-order valence-corrected chi connectivity index (χ1v) is 5.11. The molecule has 1 heterocycles. The van der Waals surface area contributed by atoms with Crippen molar-refractivity contribution in [1.29, 1.82) is 0 Å². The third-order valence-corrected chi connectivity index (χ3v) is 2.52. The lowest BCUT2D eigenvalue weighted by Gasteiger charge is -2.40. The third-order valence-electron chi connectivity index (χ3n) is 2.52. The second-order valence-corrected chi connectivity index (χ2v) is 3.67. The van der Waals surface area contributed by atoms with E-state index < -0.39 is 37.3 Å². The average Bonchev–Trinajstić information content (AvgIpc) is 2.29. The molecule has 5 atom stereocenters. The minimum absolute atomic E-state index is 0.203. The SMILES string of the molecule is CCC(=O)N[C@H]1O[C@@H](CO)[C@@H](O)[C@@H](O)[C@H]1O. The molecule has 0 spiro atoms. The van der Waals surface area contributed by atoms with Gasteiger partial charge in [-0.15, -0.1) is 0 Å². The van der Waals surface area contributed by atoms with E-state index in [4.69, 9.17) is 9.84 Å². The molecule has 5 N–H and O–H groups in total. The molecule has 0 radical (unpaired) electrons. The van der Waals surface area contributed by atoms with Crippen molar-refractivity contribution in [2.75, 3.05) is 6.61 Å². The van der Waals surface area contributed by atoms with Crippen LogP contribution in [-0.2, 0) is 9.53 Å². The Kier molecular flexibility index (Phi) is 4.63. The van der Waals surface area contributed by atoms with Gasteiger partial charge in [-0.05, 0) is 0 Å². The van der Waals surface area contributed by atoms with Gasteiger partial charge in [-0.25, -0.2) is 0 Å². The molecule has 1 aliphatic rings. The van der Waals surface area contributed by atoms with Crippen LogP contribution in [0.2, 0.25) is 0 Å². The highest BCUT2D eigenvalue weighted by molar-refractivity contribution is 5.75. The molecule has 0 aromatic carbocycles. The van der Waals surface area contributed by atoms with E-state index in [9.17, 15) is 20.1 Å². The molecule has 0 bridgehead atoms. The molecular formula is C9H17NO6. The van der Waals surface area contributed by atoms with Gasteiger partial charge in [-0.2, -0.15) is 0 Å². The first kappa shape index (κ1) is 13.3. The van der Waals surface area contributed by atoms with Crippen molar-refractivity contribution in [1.82, 2.24) is 5.32 Å². The number of aliphatic hydroxyl groups is 4. The van der Waals surface area contributed by atoms with Crippen molar-refractivity contribution < 1.29 is 30.0 Å². The van der Waals surface area contributed by atoms with Crippen LogP contribution in [-0.4, -0.2) is 63.6 Å². The maximum absolute atomic E-state index is 11.1. The van der Waals surface area contributed by atoms with Gasteiger partial charge in [0.2, 0.25) is 5.91 Å². The fourth-order valence-electron chi connectivity index (χ4n) is 1.48. The van der Waals surface area contributed by atoms with Gasteiger partial charge in [0.15, 0.2) is 6.23 Å². The molecule has 1 rings (SSSR count). The molecule has 1 fully saturated rings. The first-order valence-electron chi connectivity index (χ1n) is 5.11. The van der Waals surface area contributed by atoms with Crippen LogP contribution in [0.1, 0.15) is 13.3 Å². The van der Waals surface area contributed by atoms with E-state index in [0.29, 0.717) is 0 Å². The zero-order valence-electron chi connectivity index (χ0n) is 8.91. The van der Waals surface area contributed by atoms with Gasteiger partial charge >= 0.3 is 0 Å². The van der Waals surface area contributed by atoms with Crippen LogP contribution in [0.5, 0.6) is 0 Å². The number of nitrogens with one attached hydrogen (secondary N) is 1. The van der Waals surface area contributed by atoms with Crippen LogP contribution < -0.4 is 5.32 Å². The van der Waals surface area contributed by atoms with E-state index in [0.717, 1.165) is 0 Å². The minimum atomic E-state index is -1.46. The Morgan fingerprint density at radius 3 is 2.38 bits per heavy atom. The lowest BCUT2D eigenvalue weighted by atomic mass is 9.98. The summed E-state index contributed by atoms with van der Waals surface area (Å²) in [4.78, 5) is 11.1. The zero-order valence-corrected chi connectivity index (χ0v) is 8.91. The van der Waals surface area contributed by atoms with Gasteiger partial charge in [-0.3, -0.25) is 4.79 Å². The predicted octanol–water partition coefficient (Wildman–Crippen LogP) is -2.69. The summed E-state index contributed by atoms with van der Waals surface area (Å²) in [6.45, 7) is 1.11. The summed E-state index contributed by atoms with van der Waals surface area (Å²) in [5.74, 6) is -0.357. The molecule has 1 amide bonds. The Morgan fingerprint density at radius 1 is 1.25 bits per heavy atom. The van der Waals surface area contributed by atoms with Crippen molar-refractivity contribution in [3.8, 4) is 0 Å². The maximum atomic E-state index is 11.1. The predicted molar refractivity (Wildman–Crippen MR) is 52.2 cm³/mol. The Labute approximate surface area is 92.7 Å². The van der Waals surface area contributed by atoms with Gasteiger partial charge < -0.3 is 30.5 Å². The fraction of sp³-hybridized carbons (Fsp3) is 0.889. The second kappa shape index (κ2) is 5.55. The number of carbonyl (C=O) groups is 1. The summed E-state index contributed by atoms with van der Waals surface area (Å²) in [6, 6.07) is 0.